The maximum atomic E-state index is 12.4. The van der Waals surface area contributed by atoms with Gasteiger partial charge in [0.05, 0.1) is 24.2 Å². The number of ether oxygens (including phenoxy) is 1. The molecule has 1 aromatic heterocycles. The van der Waals surface area contributed by atoms with Crippen molar-refractivity contribution in [3.8, 4) is 11.4 Å². The maximum Gasteiger partial charge on any atom is 0.234 e. The maximum absolute atomic E-state index is 12.4. The minimum absolute atomic E-state index is 0.153. The van der Waals surface area contributed by atoms with Crippen LogP contribution in [0.5, 0.6) is 5.75 Å². The summed E-state index contributed by atoms with van der Waals surface area (Å²) in [5.41, 5.74) is 4.76. The lowest BCUT2D eigenvalue weighted by atomic mass is 10.1. The van der Waals surface area contributed by atoms with E-state index in [1.807, 2.05) is 57.2 Å². The van der Waals surface area contributed by atoms with Gasteiger partial charge in [-0.15, -0.1) is 5.10 Å². The number of thioether (sulfide) groups is 1. The summed E-state index contributed by atoms with van der Waals surface area (Å²) in [4.78, 5) is 12.4. The molecule has 0 aliphatic heterocycles. The highest BCUT2D eigenvalue weighted by atomic mass is 32.2. The summed E-state index contributed by atoms with van der Waals surface area (Å²) in [6.45, 7) is 5.98. The number of hydrogen-bond acceptors (Lipinski definition) is 6. The smallest absolute Gasteiger partial charge is 0.234 e. The van der Waals surface area contributed by atoms with Gasteiger partial charge in [-0.2, -0.15) is 4.68 Å². The van der Waals surface area contributed by atoms with E-state index in [1.54, 1.807) is 11.8 Å². The zero-order valence-electron chi connectivity index (χ0n) is 15.7. The Balaban J connectivity index is 1.73. The molecule has 0 bridgehead atoms. The van der Waals surface area contributed by atoms with E-state index in [-0.39, 0.29) is 11.7 Å². The normalized spacial score (nSPS) is 10.7. The Bertz CT molecular complexity index is 950. The van der Waals surface area contributed by atoms with Gasteiger partial charge in [0.15, 0.2) is 0 Å². The summed E-state index contributed by atoms with van der Waals surface area (Å²) < 4.78 is 6.97. The van der Waals surface area contributed by atoms with Crippen LogP contribution in [0.15, 0.2) is 41.6 Å². The standard InChI is InChI=1S/C19H21N5O2S/c1-12-8-9-16(26-4)15(10-12)20-17(25)11-27-19-21-22-23-24(19)18-13(2)6-5-7-14(18)3/h5-10H,11H2,1-4H3,(H,20,25). The lowest BCUT2D eigenvalue weighted by molar-refractivity contribution is -0.113. The fraction of sp³-hybridized carbons (Fsp3) is 0.263. The summed E-state index contributed by atoms with van der Waals surface area (Å²) >= 11 is 1.28. The Morgan fingerprint density at radius 3 is 2.63 bits per heavy atom. The molecule has 7 nitrogen and oxygen atoms in total. The van der Waals surface area contributed by atoms with Crippen LogP contribution in [0, 0.1) is 20.8 Å². The molecule has 8 heteroatoms. The Morgan fingerprint density at radius 2 is 1.93 bits per heavy atom. The largest absolute Gasteiger partial charge is 0.495 e. The van der Waals surface area contributed by atoms with Crippen molar-refractivity contribution in [2.45, 2.75) is 25.9 Å². The van der Waals surface area contributed by atoms with Crippen molar-refractivity contribution < 1.29 is 9.53 Å². The third kappa shape index (κ3) is 4.28. The second-order valence-corrected chi connectivity index (χ2v) is 7.10. The number of rotatable bonds is 6. The number of aromatic nitrogens is 4. The van der Waals surface area contributed by atoms with Crippen molar-refractivity contribution in [3.63, 3.8) is 0 Å². The average molecular weight is 383 g/mol. The van der Waals surface area contributed by atoms with E-state index in [0.717, 1.165) is 22.4 Å². The van der Waals surface area contributed by atoms with E-state index in [2.05, 4.69) is 20.8 Å². The average Bonchev–Trinajstić information content (AvgIpc) is 3.08. The molecule has 0 fully saturated rings. The third-order valence-corrected chi connectivity index (χ3v) is 4.97. The Morgan fingerprint density at radius 1 is 1.19 bits per heavy atom. The number of hydrogen-bond donors (Lipinski definition) is 1. The van der Waals surface area contributed by atoms with Crippen molar-refractivity contribution in [1.29, 1.82) is 0 Å². The molecule has 1 heterocycles. The predicted octanol–water partition coefficient (Wildman–Crippen LogP) is 3.33. The molecule has 27 heavy (non-hydrogen) atoms. The van der Waals surface area contributed by atoms with Gasteiger partial charge in [0.2, 0.25) is 11.1 Å². The first-order valence-electron chi connectivity index (χ1n) is 8.42. The van der Waals surface area contributed by atoms with E-state index in [4.69, 9.17) is 4.74 Å². The lowest BCUT2D eigenvalue weighted by Crippen LogP contribution is -2.15. The minimum atomic E-state index is -0.153. The first kappa shape index (κ1) is 18.9. The summed E-state index contributed by atoms with van der Waals surface area (Å²) in [6.07, 6.45) is 0. The number of benzene rings is 2. The molecule has 1 amide bonds. The summed E-state index contributed by atoms with van der Waals surface area (Å²) in [6, 6.07) is 11.7. The summed E-state index contributed by atoms with van der Waals surface area (Å²) in [5, 5.41) is 15.4. The number of nitrogens with zero attached hydrogens (tertiary/aromatic N) is 4. The van der Waals surface area contributed by atoms with Crippen molar-refractivity contribution in [3.05, 3.63) is 53.1 Å². The van der Waals surface area contributed by atoms with Crippen molar-refractivity contribution in [2.24, 2.45) is 0 Å². The van der Waals surface area contributed by atoms with Crippen LogP contribution in [0.1, 0.15) is 16.7 Å². The highest BCUT2D eigenvalue weighted by Gasteiger charge is 2.15. The van der Waals surface area contributed by atoms with Gasteiger partial charge >= 0.3 is 0 Å². The number of para-hydroxylation sites is 1. The molecule has 0 atom stereocenters. The zero-order valence-corrected chi connectivity index (χ0v) is 16.5. The van der Waals surface area contributed by atoms with E-state index >= 15 is 0 Å². The molecule has 3 aromatic rings. The number of tetrazole rings is 1. The van der Waals surface area contributed by atoms with E-state index in [1.165, 1.54) is 11.8 Å². The van der Waals surface area contributed by atoms with Crippen LogP contribution in [0.3, 0.4) is 0 Å². The molecule has 0 spiro atoms. The van der Waals surface area contributed by atoms with Crippen molar-refractivity contribution in [2.75, 3.05) is 18.2 Å². The van der Waals surface area contributed by atoms with Crippen LogP contribution in [0.25, 0.3) is 5.69 Å². The number of methoxy groups -OCH3 is 1. The second-order valence-electron chi connectivity index (χ2n) is 6.15. The number of carbonyl (C=O) groups excluding carboxylic acids is 1. The van der Waals surface area contributed by atoms with Gasteiger partial charge < -0.3 is 10.1 Å². The quantitative estimate of drug-likeness (QED) is 0.658. The number of aryl methyl sites for hydroxylation is 3. The van der Waals surface area contributed by atoms with Gasteiger partial charge in [-0.25, -0.2) is 0 Å². The first-order valence-corrected chi connectivity index (χ1v) is 9.40. The van der Waals surface area contributed by atoms with Crippen molar-refractivity contribution in [1.82, 2.24) is 20.2 Å². The number of nitrogens with one attached hydrogen (secondary N) is 1. The van der Waals surface area contributed by atoms with Gasteiger partial charge in [-0.3, -0.25) is 4.79 Å². The number of amides is 1. The highest BCUT2D eigenvalue weighted by molar-refractivity contribution is 7.99. The molecule has 2 aromatic carbocycles. The van der Waals surface area contributed by atoms with Crippen LogP contribution in [0.4, 0.5) is 5.69 Å². The molecule has 0 aliphatic rings. The fourth-order valence-electron chi connectivity index (χ4n) is 2.78. The Hall–Kier alpha value is -2.87. The van der Waals surface area contributed by atoms with Crippen molar-refractivity contribution >= 4 is 23.4 Å². The Labute approximate surface area is 162 Å². The van der Waals surface area contributed by atoms with Crippen LogP contribution in [-0.2, 0) is 4.79 Å². The molecule has 0 unspecified atom stereocenters. The third-order valence-electron chi connectivity index (χ3n) is 4.05. The highest BCUT2D eigenvalue weighted by Crippen LogP contribution is 2.26. The number of carbonyl (C=O) groups is 1. The molecular formula is C19H21N5O2S. The molecule has 0 saturated heterocycles. The first-order chi connectivity index (χ1) is 13.0. The zero-order chi connectivity index (χ0) is 19.4. The van der Waals surface area contributed by atoms with Crippen LogP contribution in [0.2, 0.25) is 0 Å². The molecule has 0 radical (unpaired) electrons. The van der Waals surface area contributed by atoms with Gasteiger partial charge in [0, 0.05) is 0 Å². The Kier molecular flexibility index (Phi) is 5.75. The summed E-state index contributed by atoms with van der Waals surface area (Å²) in [5.74, 6) is 0.654. The van der Waals surface area contributed by atoms with Crippen LogP contribution < -0.4 is 10.1 Å². The fourth-order valence-corrected chi connectivity index (χ4v) is 3.46. The van der Waals surface area contributed by atoms with E-state index in [0.29, 0.717) is 16.6 Å². The minimum Gasteiger partial charge on any atom is -0.495 e. The molecule has 3 rings (SSSR count). The molecule has 140 valence electrons. The van der Waals surface area contributed by atoms with Crippen LogP contribution in [-0.4, -0.2) is 39.0 Å². The SMILES string of the molecule is COc1ccc(C)cc1NC(=O)CSc1nnnn1-c1c(C)cccc1C. The topological polar surface area (TPSA) is 81.9 Å². The van der Waals surface area contributed by atoms with Gasteiger partial charge in [0.1, 0.15) is 5.75 Å². The second kappa shape index (κ2) is 8.22. The molecule has 0 saturated carbocycles. The monoisotopic (exact) mass is 383 g/mol. The van der Waals surface area contributed by atoms with Gasteiger partial charge in [-0.05, 0) is 60.0 Å². The molecular weight excluding hydrogens is 362 g/mol. The number of anilines is 1. The van der Waals surface area contributed by atoms with E-state index in [9.17, 15) is 4.79 Å². The predicted molar refractivity (Wildman–Crippen MR) is 106 cm³/mol. The van der Waals surface area contributed by atoms with Gasteiger partial charge in [0.25, 0.3) is 0 Å². The van der Waals surface area contributed by atoms with Gasteiger partial charge in [-0.1, -0.05) is 36.0 Å². The lowest BCUT2D eigenvalue weighted by Gasteiger charge is -2.12. The van der Waals surface area contributed by atoms with Crippen LogP contribution >= 0.6 is 11.8 Å². The molecule has 0 aliphatic carbocycles. The van der Waals surface area contributed by atoms with E-state index < -0.39 is 0 Å². The summed E-state index contributed by atoms with van der Waals surface area (Å²) in [7, 11) is 1.58. The molecule has 1 N–H and O–H groups in total.